The predicted molar refractivity (Wildman–Crippen MR) is 188 cm³/mol. The minimum absolute atomic E-state index is 0.0173. The summed E-state index contributed by atoms with van der Waals surface area (Å²) in [4.78, 5) is 22.5. The normalized spacial score (nSPS) is 13.4. The standard InChI is InChI=1S/2C19H24N2O3/c2*1-13(7-8-14-5-3-2-4-6-14)21-12-18(23)15-9-10-17(22)16(11-15)19(20)24/h2*2-6,9-11,13,18,21-23H,7-8,12H2,1H3,(H2,20,24)/t13-,18+;13-,18-/m11/s1. The lowest BCUT2D eigenvalue weighted by atomic mass is 10.0. The Kier molecular flexibility index (Phi) is 15.1. The van der Waals surface area contributed by atoms with E-state index in [-0.39, 0.29) is 34.7 Å². The van der Waals surface area contributed by atoms with E-state index in [1.54, 1.807) is 12.1 Å². The fourth-order valence-corrected chi connectivity index (χ4v) is 5.04. The molecule has 4 rings (SSSR count). The third-order valence-corrected chi connectivity index (χ3v) is 8.08. The highest BCUT2D eigenvalue weighted by molar-refractivity contribution is 5.96. The molecule has 10 heteroatoms. The van der Waals surface area contributed by atoms with Gasteiger partial charge in [-0.1, -0.05) is 72.8 Å². The molecule has 0 radical (unpaired) electrons. The molecule has 4 aromatic carbocycles. The van der Waals surface area contributed by atoms with Gasteiger partial charge in [-0.05, 0) is 86.1 Å². The number of aliphatic hydroxyl groups is 2. The van der Waals surface area contributed by atoms with Crippen molar-refractivity contribution in [1.29, 1.82) is 0 Å². The number of rotatable bonds is 16. The zero-order chi connectivity index (χ0) is 35.1. The third kappa shape index (κ3) is 12.5. The Morgan fingerprint density at radius 2 is 0.958 bits per heavy atom. The maximum absolute atomic E-state index is 11.2. The number of carbonyl (C=O) groups excluding carboxylic acids is 2. The molecule has 0 aliphatic rings. The number of nitrogens with one attached hydrogen (secondary N) is 2. The van der Waals surface area contributed by atoms with Crippen molar-refractivity contribution in [3.05, 3.63) is 130 Å². The molecular weight excluding hydrogens is 608 g/mol. The number of hydrogen-bond donors (Lipinski definition) is 8. The van der Waals surface area contributed by atoms with Gasteiger partial charge in [-0.3, -0.25) is 9.59 Å². The van der Waals surface area contributed by atoms with Crippen LogP contribution in [0.3, 0.4) is 0 Å². The summed E-state index contributed by atoms with van der Waals surface area (Å²) in [5, 5.41) is 46.3. The number of aryl methyl sites for hydroxylation is 2. The maximum atomic E-state index is 11.2. The first-order chi connectivity index (χ1) is 22.9. The summed E-state index contributed by atoms with van der Waals surface area (Å²) >= 11 is 0. The van der Waals surface area contributed by atoms with Crippen LogP contribution in [0.25, 0.3) is 0 Å². The molecule has 0 saturated carbocycles. The van der Waals surface area contributed by atoms with Crippen molar-refractivity contribution in [3.63, 3.8) is 0 Å². The molecule has 2 amide bonds. The summed E-state index contributed by atoms with van der Waals surface area (Å²) in [7, 11) is 0. The van der Waals surface area contributed by atoms with Crippen LogP contribution in [-0.2, 0) is 12.8 Å². The van der Waals surface area contributed by atoms with E-state index in [2.05, 4.69) is 48.7 Å². The number of primary amides is 2. The second kappa shape index (κ2) is 19.2. The van der Waals surface area contributed by atoms with Crippen molar-refractivity contribution in [2.45, 2.75) is 63.8 Å². The van der Waals surface area contributed by atoms with E-state index in [0.29, 0.717) is 24.2 Å². The minimum Gasteiger partial charge on any atom is -0.507 e. The van der Waals surface area contributed by atoms with Gasteiger partial charge in [-0.2, -0.15) is 0 Å². The van der Waals surface area contributed by atoms with Gasteiger partial charge in [0.15, 0.2) is 0 Å². The summed E-state index contributed by atoms with van der Waals surface area (Å²) in [6, 6.07) is 29.8. The summed E-state index contributed by atoms with van der Waals surface area (Å²) in [6.07, 6.45) is 2.30. The molecule has 0 aliphatic heterocycles. The second-order valence-electron chi connectivity index (χ2n) is 12.0. The molecule has 48 heavy (non-hydrogen) atoms. The summed E-state index contributed by atoms with van der Waals surface area (Å²) in [5.41, 5.74) is 14.1. The second-order valence-corrected chi connectivity index (χ2v) is 12.0. The minimum atomic E-state index is -0.775. The van der Waals surface area contributed by atoms with Crippen LogP contribution in [0.5, 0.6) is 11.5 Å². The Hall–Kier alpha value is -4.74. The Bertz CT molecular complexity index is 1470. The van der Waals surface area contributed by atoms with Crippen molar-refractivity contribution < 1.29 is 30.0 Å². The van der Waals surface area contributed by atoms with Crippen LogP contribution in [0.15, 0.2) is 97.1 Å². The van der Waals surface area contributed by atoms with Gasteiger partial charge in [0.25, 0.3) is 11.8 Å². The zero-order valence-corrected chi connectivity index (χ0v) is 27.5. The number of phenols is 2. The van der Waals surface area contributed by atoms with Gasteiger partial charge in [-0.15, -0.1) is 0 Å². The molecule has 0 bridgehead atoms. The van der Waals surface area contributed by atoms with E-state index in [4.69, 9.17) is 11.5 Å². The van der Waals surface area contributed by atoms with E-state index in [1.807, 2.05) is 36.4 Å². The van der Waals surface area contributed by atoms with Gasteiger partial charge < -0.3 is 42.5 Å². The van der Waals surface area contributed by atoms with Gasteiger partial charge in [-0.25, -0.2) is 0 Å². The average Bonchev–Trinajstić information content (AvgIpc) is 3.09. The van der Waals surface area contributed by atoms with Gasteiger partial charge in [0.2, 0.25) is 0 Å². The van der Waals surface area contributed by atoms with E-state index in [9.17, 15) is 30.0 Å². The summed E-state index contributed by atoms with van der Waals surface area (Å²) in [6.45, 7) is 4.86. The molecule has 0 fully saturated rings. The highest BCUT2D eigenvalue weighted by atomic mass is 16.3. The zero-order valence-electron chi connectivity index (χ0n) is 27.5. The van der Waals surface area contributed by atoms with Crippen LogP contribution in [-0.4, -0.2) is 57.4 Å². The fourth-order valence-electron chi connectivity index (χ4n) is 5.04. The van der Waals surface area contributed by atoms with Crippen LogP contribution >= 0.6 is 0 Å². The lowest BCUT2D eigenvalue weighted by Gasteiger charge is -2.18. The number of amides is 2. The highest BCUT2D eigenvalue weighted by Crippen LogP contribution is 2.23. The van der Waals surface area contributed by atoms with E-state index in [1.165, 1.54) is 35.4 Å². The molecule has 256 valence electrons. The molecule has 0 saturated heterocycles. The highest BCUT2D eigenvalue weighted by Gasteiger charge is 2.16. The first kappa shape index (κ1) is 37.7. The van der Waals surface area contributed by atoms with Crippen LogP contribution < -0.4 is 22.1 Å². The van der Waals surface area contributed by atoms with Crippen molar-refractivity contribution in [2.24, 2.45) is 11.5 Å². The van der Waals surface area contributed by atoms with E-state index in [0.717, 1.165) is 25.7 Å². The lowest BCUT2D eigenvalue weighted by Crippen LogP contribution is -2.31. The van der Waals surface area contributed by atoms with Crippen LogP contribution in [0.1, 0.15) is 81.9 Å². The Balaban J connectivity index is 0.000000260. The summed E-state index contributed by atoms with van der Waals surface area (Å²) in [5.74, 6) is -1.79. The molecule has 0 heterocycles. The van der Waals surface area contributed by atoms with Crippen molar-refractivity contribution in [1.82, 2.24) is 10.6 Å². The number of carbonyl (C=O) groups is 2. The number of aliphatic hydroxyl groups excluding tert-OH is 2. The summed E-state index contributed by atoms with van der Waals surface area (Å²) < 4.78 is 0. The molecule has 10 nitrogen and oxygen atoms in total. The smallest absolute Gasteiger partial charge is 0.252 e. The maximum Gasteiger partial charge on any atom is 0.252 e. The monoisotopic (exact) mass is 656 g/mol. The molecule has 0 unspecified atom stereocenters. The molecule has 0 aliphatic carbocycles. The van der Waals surface area contributed by atoms with Crippen molar-refractivity contribution in [3.8, 4) is 11.5 Å². The fraction of sp³-hybridized carbons (Fsp3) is 0.316. The van der Waals surface area contributed by atoms with Gasteiger partial charge in [0.05, 0.1) is 23.3 Å². The number of hydrogen-bond acceptors (Lipinski definition) is 8. The Labute approximate surface area is 282 Å². The van der Waals surface area contributed by atoms with E-state index >= 15 is 0 Å². The molecule has 4 atom stereocenters. The number of aromatic hydroxyl groups is 2. The third-order valence-electron chi connectivity index (χ3n) is 8.08. The number of benzene rings is 4. The molecule has 10 N–H and O–H groups in total. The first-order valence-corrected chi connectivity index (χ1v) is 16.1. The predicted octanol–water partition coefficient (Wildman–Crippen LogP) is 4.27. The largest absolute Gasteiger partial charge is 0.507 e. The van der Waals surface area contributed by atoms with Gasteiger partial charge in [0.1, 0.15) is 11.5 Å². The number of nitrogens with two attached hydrogens (primary N) is 2. The van der Waals surface area contributed by atoms with Crippen LogP contribution in [0.2, 0.25) is 0 Å². The quantitative estimate of drug-likeness (QED) is 0.0877. The molecule has 0 spiro atoms. The average molecular weight is 657 g/mol. The lowest BCUT2D eigenvalue weighted by molar-refractivity contribution is 0.0988. The molecule has 0 aromatic heterocycles. The SMILES string of the molecule is C[C@H](CCc1ccccc1)NC[C@@H](O)c1ccc(O)c(C(N)=O)c1.C[C@H](CCc1ccccc1)NC[C@H](O)c1ccc(O)c(C(N)=O)c1. The molecule has 4 aromatic rings. The van der Waals surface area contributed by atoms with Crippen LogP contribution in [0.4, 0.5) is 0 Å². The van der Waals surface area contributed by atoms with Gasteiger partial charge >= 0.3 is 0 Å². The Morgan fingerprint density at radius 1 is 0.604 bits per heavy atom. The topological polar surface area (TPSA) is 191 Å². The van der Waals surface area contributed by atoms with Gasteiger partial charge in [0, 0.05) is 25.2 Å². The van der Waals surface area contributed by atoms with Crippen molar-refractivity contribution in [2.75, 3.05) is 13.1 Å². The Morgan fingerprint density at radius 3 is 1.29 bits per heavy atom. The van der Waals surface area contributed by atoms with E-state index < -0.39 is 24.0 Å². The van der Waals surface area contributed by atoms with Crippen LogP contribution in [0, 0.1) is 0 Å². The molecular formula is C38H48N4O6. The first-order valence-electron chi connectivity index (χ1n) is 16.1. The van der Waals surface area contributed by atoms with Crippen molar-refractivity contribution >= 4 is 11.8 Å².